The molecule has 0 aromatic heterocycles. The summed E-state index contributed by atoms with van der Waals surface area (Å²) in [6.07, 6.45) is 3.94. The van der Waals surface area contributed by atoms with Gasteiger partial charge in [0.25, 0.3) is 0 Å². The average molecular weight is 372 g/mol. The number of carbonyl (C=O) groups is 2. The molecule has 1 aliphatic carbocycles. The fourth-order valence-electron chi connectivity index (χ4n) is 3.65. The molecule has 0 spiro atoms. The zero-order valence-electron chi connectivity index (χ0n) is 13.7. The van der Waals surface area contributed by atoms with E-state index < -0.39 is 11.6 Å². The summed E-state index contributed by atoms with van der Waals surface area (Å²) in [5.41, 5.74) is 6.15. The number of amides is 2. The SMILES string of the molecule is CN(C(=O)C1(N)CCCC1)C1CCN(c2ccccc2Cl)C1=O.Cl. The fourth-order valence-corrected chi connectivity index (χ4v) is 3.88. The maximum Gasteiger partial charge on any atom is 0.249 e. The van der Waals surface area contributed by atoms with Crippen molar-refractivity contribution in [3.8, 4) is 0 Å². The van der Waals surface area contributed by atoms with Gasteiger partial charge in [0.05, 0.1) is 16.2 Å². The van der Waals surface area contributed by atoms with Crippen LogP contribution in [0.15, 0.2) is 24.3 Å². The van der Waals surface area contributed by atoms with E-state index in [1.165, 1.54) is 0 Å². The normalized spacial score (nSPS) is 22.4. The Labute approximate surface area is 153 Å². The third-order valence-electron chi connectivity index (χ3n) is 5.03. The lowest BCUT2D eigenvalue weighted by molar-refractivity contribution is -0.141. The molecule has 5 nitrogen and oxygen atoms in total. The van der Waals surface area contributed by atoms with Crippen LogP contribution in [-0.4, -0.2) is 41.9 Å². The van der Waals surface area contributed by atoms with E-state index in [-0.39, 0.29) is 24.2 Å². The molecule has 7 heteroatoms. The highest BCUT2D eigenvalue weighted by Gasteiger charge is 2.44. The molecule has 2 aliphatic rings. The second-order valence-electron chi connectivity index (χ2n) is 6.53. The largest absolute Gasteiger partial charge is 0.332 e. The van der Waals surface area contributed by atoms with Crippen LogP contribution in [0, 0.1) is 0 Å². The van der Waals surface area contributed by atoms with Crippen molar-refractivity contribution in [3.05, 3.63) is 29.3 Å². The molecule has 2 amide bonds. The number of hydrogen-bond donors (Lipinski definition) is 1. The second-order valence-corrected chi connectivity index (χ2v) is 6.93. The van der Waals surface area contributed by atoms with Crippen molar-refractivity contribution >= 4 is 41.5 Å². The smallest absolute Gasteiger partial charge is 0.249 e. The third kappa shape index (κ3) is 3.25. The van der Waals surface area contributed by atoms with Crippen molar-refractivity contribution in [2.75, 3.05) is 18.5 Å². The summed E-state index contributed by atoms with van der Waals surface area (Å²) in [6, 6.07) is 6.81. The van der Waals surface area contributed by atoms with Gasteiger partial charge in [0.1, 0.15) is 6.04 Å². The number of para-hydroxylation sites is 1. The van der Waals surface area contributed by atoms with Crippen molar-refractivity contribution in [1.82, 2.24) is 4.90 Å². The van der Waals surface area contributed by atoms with Crippen LogP contribution in [0.25, 0.3) is 0 Å². The summed E-state index contributed by atoms with van der Waals surface area (Å²) >= 11 is 6.19. The first-order valence-electron chi connectivity index (χ1n) is 8.06. The van der Waals surface area contributed by atoms with E-state index >= 15 is 0 Å². The Morgan fingerprint density at radius 3 is 2.58 bits per heavy atom. The molecule has 0 bridgehead atoms. The predicted octanol–water partition coefficient (Wildman–Crippen LogP) is 2.60. The third-order valence-corrected chi connectivity index (χ3v) is 5.35. The van der Waals surface area contributed by atoms with Crippen LogP contribution in [0.1, 0.15) is 32.1 Å². The fraction of sp³-hybridized carbons (Fsp3) is 0.529. The van der Waals surface area contributed by atoms with Gasteiger partial charge in [-0.2, -0.15) is 0 Å². The molecule has 1 aromatic rings. The maximum absolute atomic E-state index is 12.8. The molecule has 0 radical (unpaired) electrons. The van der Waals surface area contributed by atoms with Crippen LogP contribution >= 0.6 is 24.0 Å². The lowest BCUT2D eigenvalue weighted by Gasteiger charge is -2.32. The van der Waals surface area contributed by atoms with Gasteiger partial charge in [-0.25, -0.2) is 0 Å². The van der Waals surface area contributed by atoms with Gasteiger partial charge in [0.2, 0.25) is 11.8 Å². The minimum absolute atomic E-state index is 0. The zero-order chi connectivity index (χ0) is 16.6. The number of carbonyl (C=O) groups excluding carboxylic acids is 2. The Morgan fingerprint density at radius 1 is 1.33 bits per heavy atom. The first-order chi connectivity index (χ1) is 10.9. The number of anilines is 1. The van der Waals surface area contributed by atoms with Gasteiger partial charge in [-0.1, -0.05) is 36.6 Å². The van der Waals surface area contributed by atoms with Crippen molar-refractivity contribution < 1.29 is 9.59 Å². The van der Waals surface area contributed by atoms with Crippen LogP contribution in [-0.2, 0) is 9.59 Å². The monoisotopic (exact) mass is 371 g/mol. The van der Waals surface area contributed by atoms with Crippen molar-refractivity contribution in [2.24, 2.45) is 5.73 Å². The number of rotatable bonds is 3. The topological polar surface area (TPSA) is 66.6 Å². The van der Waals surface area contributed by atoms with E-state index in [1.807, 2.05) is 18.2 Å². The van der Waals surface area contributed by atoms with E-state index in [9.17, 15) is 9.59 Å². The van der Waals surface area contributed by atoms with Gasteiger partial charge >= 0.3 is 0 Å². The van der Waals surface area contributed by atoms with Gasteiger partial charge in [-0.15, -0.1) is 12.4 Å². The lowest BCUT2D eigenvalue weighted by Crippen LogP contribution is -2.56. The molecule has 3 rings (SSSR count). The first-order valence-corrected chi connectivity index (χ1v) is 8.44. The summed E-state index contributed by atoms with van der Waals surface area (Å²) in [7, 11) is 1.69. The van der Waals surface area contributed by atoms with Crippen LogP contribution in [0.2, 0.25) is 5.02 Å². The molecule has 1 saturated heterocycles. The number of hydrogen-bond acceptors (Lipinski definition) is 3. The quantitative estimate of drug-likeness (QED) is 0.887. The lowest BCUT2D eigenvalue weighted by atomic mass is 9.96. The molecular weight excluding hydrogens is 349 g/mol. The Kier molecular flexibility index (Phi) is 5.78. The van der Waals surface area contributed by atoms with Gasteiger partial charge in [0, 0.05) is 13.6 Å². The van der Waals surface area contributed by atoms with E-state index in [0.717, 1.165) is 12.8 Å². The standard InChI is InChI=1S/C17H22ClN3O2.ClH/c1-20(16(23)17(19)9-4-5-10-17)14-8-11-21(15(14)22)13-7-3-2-6-12(13)18;/h2-3,6-7,14H,4-5,8-11,19H2,1H3;1H. The van der Waals surface area contributed by atoms with E-state index in [2.05, 4.69) is 0 Å². The van der Waals surface area contributed by atoms with Gasteiger partial charge in [0.15, 0.2) is 0 Å². The van der Waals surface area contributed by atoms with Crippen LogP contribution < -0.4 is 10.6 Å². The van der Waals surface area contributed by atoms with Crippen LogP contribution in [0.4, 0.5) is 5.69 Å². The van der Waals surface area contributed by atoms with E-state index in [4.69, 9.17) is 17.3 Å². The molecule has 1 unspecified atom stereocenters. The Balaban J connectivity index is 0.00000208. The zero-order valence-corrected chi connectivity index (χ0v) is 15.3. The van der Waals surface area contributed by atoms with Crippen molar-refractivity contribution in [2.45, 2.75) is 43.7 Å². The van der Waals surface area contributed by atoms with E-state index in [1.54, 1.807) is 22.9 Å². The number of benzene rings is 1. The predicted molar refractivity (Wildman–Crippen MR) is 97.6 cm³/mol. The van der Waals surface area contributed by atoms with Crippen molar-refractivity contribution in [3.63, 3.8) is 0 Å². The highest BCUT2D eigenvalue weighted by Crippen LogP contribution is 2.33. The molecular formula is C17H23Cl2N3O2. The van der Waals surface area contributed by atoms with Crippen LogP contribution in [0.3, 0.4) is 0 Å². The highest BCUT2D eigenvalue weighted by molar-refractivity contribution is 6.34. The first kappa shape index (κ1) is 19.0. The number of nitrogens with two attached hydrogens (primary N) is 1. The molecule has 2 fully saturated rings. The number of halogens is 2. The molecule has 1 aliphatic heterocycles. The van der Waals surface area contributed by atoms with Crippen LogP contribution in [0.5, 0.6) is 0 Å². The minimum atomic E-state index is -0.799. The highest BCUT2D eigenvalue weighted by atomic mass is 35.5. The summed E-state index contributed by atoms with van der Waals surface area (Å²) in [4.78, 5) is 28.7. The summed E-state index contributed by atoms with van der Waals surface area (Å²) in [6.45, 7) is 0.558. The Hall–Kier alpha value is -1.30. The molecule has 2 N–H and O–H groups in total. The molecule has 1 atom stereocenters. The number of nitrogens with zero attached hydrogens (tertiary/aromatic N) is 2. The molecule has 1 heterocycles. The van der Waals surface area contributed by atoms with Gasteiger partial charge < -0.3 is 15.5 Å². The average Bonchev–Trinajstić information content (AvgIpc) is 3.14. The van der Waals surface area contributed by atoms with E-state index in [0.29, 0.717) is 36.5 Å². The summed E-state index contributed by atoms with van der Waals surface area (Å²) in [5.74, 6) is -0.204. The number of likely N-dealkylation sites (N-methyl/N-ethyl adjacent to an activating group) is 1. The summed E-state index contributed by atoms with van der Waals surface area (Å²) < 4.78 is 0. The van der Waals surface area contributed by atoms with Gasteiger partial charge in [-0.3, -0.25) is 9.59 Å². The van der Waals surface area contributed by atoms with Gasteiger partial charge in [-0.05, 0) is 31.4 Å². The minimum Gasteiger partial charge on any atom is -0.332 e. The Morgan fingerprint density at radius 2 is 1.96 bits per heavy atom. The second kappa shape index (κ2) is 7.30. The maximum atomic E-state index is 12.8. The molecule has 1 saturated carbocycles. The summed E-state index contributed by atoms with van der Waals surface area (Å²) in [5, 5.41) is 0.543. The Bertz CT molecular complexity index is 632. The molecule has 1 aromatic carbocycles. The molecule has 132 valence electrons. The molecule has 24 heavy (non-hydrogen) atoms. The van der Waals surface area contributed by atoms with Crippen molar-refractivity contribution in [1.29, 1.82) is 0 Å².